The van der Waals surface area contributed by atoms with E-state index >= 15 is 0 Å². The molecule has 0 amide bonds. The number of nitrogens with one attached hydrogen (secondary N) is 1. The highest BCUT2D eigenvalue weighted by atomic mass is 32.2. The Labute approximate surface area is 171 Å². The molecule has 0 saturated carbocycles. The zero-order valence-corrected chi connectivity index (χ0v) is 17.9. The van der Waals surface area contributed by atoms with Crippen molar-refractivity contribution >= 4 is 31.4 Å². The summed E-state index contributed by atoms with van der Waals surface area (Å²) < 4.78 is 67.1. The molecule has 1 aliphatic rings. The number of rotatable bonds is 6. The molecule has 0 spiro atoms. The topological polar surface area (TPSA) is 86.8 Å². The molecule has 7 nitrogen and oxygen atoms in total. The van der Waals surface area contributed by atoms with Gasteiger partial charge < -0.3 is 4.90 Å². The predicted octanol–water partition coefficient (Wildman–Crippen LogP) is 2.68. The van der Waals surface area contributed by atoms with Gasteiger partial charge in [0.1, 0.15) is 6.17 Å². The Balaban J connectivity index is 1.85. The van der Waals surface area contributed by atoms with Crippen molar-refractivity contribution in [2.45, 2.75) is 28.8 Å². The van der Waals surface area contributed by atoms with Gasteiger partial charge in [-0.3, -0.25) is 4.72 Å². The first kappa shape index (κ1) is 21.5. The van der Waals surface area contributed by atoms with Crippen LogP contribution in [-0.4, -0.2) is 54.5 Å². The Hall–Kier alpha value is -2.17. The summed E-state index contributed by atoms with van der Waals surface area (Å²) in [4.78, 5) is 1.92. The second-order valence-corrected chi connectivity index (χ2v) is 10.9. The SMILES string of the molecule is CN(C)S(=O)(=O)c1ccc(S(=O)(=O)Nc2ccccc2N2CCC(F)CC2)cc1. The van der Waals surface area contributed by atoms with E-state index in [4.69, 9.17) is 0 Å². The first-order valence-corrected chi connectivity index (χ1v) is 12.1. The third-order valence-corrected chi connectivity index (χ3v) is 8.04. The number of sulfonamides is 2. The van der Waals surface area contributed by atoms with Crippen molar-refractivity contribution < 1.29 is 21.2 Å². The van der Waals surface area contributed by atoms with Gasteiger partial charge >= 0.3 is 0 Å². The average molecular weight is 442 g/mol. The first-order chi connectivity index (χ1) is 13.6. The lowest BCUT2D eigenvalue weighted by molar-refractivity contribution is 0.277. The molecule has 1 heterocycles. The summed E-state index contributed by atoms with van der Waals surface area (Å²) in [7, 11) is -4.76. The van der Waals surface area contributed by atoms with Crippen molar-refractivity contribution in [2.75, 3.05) is 36.8 Å². The third kappa shape index (κ3) is 4.71. The molecule has 0 atom stereocenters. The fraction of sp³-hybridized carbons (Fsp3) is 0.368. The zero-order valence-electron chi connectivity index (χ0n) is 16.2. The lowest BCUT2D eigenvalue weighted by atomic mass is 10.1. The van der Waals surface area contributed by atoms with Crippen LogP contribution >= 0.6 is 0 Å². The molecule has 10 heteroatoms. The van der Waals surface area contributed by atoms with Crippen LogP contribution in [0.5, 0.6) is 0 Å². The Bertz CT molecular complexity index is 1060. The van der Waals surface area contributed by atoms with Crippen LogP contribution in [0.2, 0.25) is 0 Å². The van der Waals surface area contributed by atoms with E-state index in [9.17, 15) is 21.2 Å². The van der Waals surface area contributed by atoms with Crippen LogP contribution in [0, 0.1) is 0 Å². The van der Waals surface area contributed by atoms with Crippen LogP contribution in [-0.2, 0) is 20.0 Å². The summed E-state index contributed by atoms with van der Waals surface area (Å²) in [5.41, 5.74) is 1.09. The van der Waals surface area contributed by atoms with E-state index in [1.54, 1.807) is 24.3 Å². The van der Waals surface area contributed by atoms with E-state index < -0.39 is 26.2 Å². The predicted molar refractivity (Wildman–Crippen MR) is 111 cm³/mol. The Kier molecular flexibility index (Phi) is 6.16. The van der Waals surface area contributed by atoms with Crippen molar-refractivity contribution in [1.29, 1.82) is 0 Å². The molecule has 0 radical (unpaired) electrons. The molecule has 0 bridgehead atoms. The first-order valence-electron chi connectivity index (χ1n) is 9.15. The van der Waals surface area contributed by atoms with E-state index in [2.05, 4.69) is 4.72 Å². The van der Waals surface area contributed by atoms with E-state index in [0.717, 1.165) is 4.31 Å². The second-order valence-electron chi connectivity index (χ2n) is 7.04. The lowest BCUT2D eigenvalue weighted by Gasteiger charge is -2.32. The maximum Gasteiger partial charge on any atom is 0.261 e. The number of piperidine rings is 1. The van der Waals surface area contributed by atoms with Gasteiger partial charge in [-0.2, -0.15) is 0 Å². The van der Waals surface area contributed by atoms with E-state index in [-0.39, 0.29) is 9.79 Å². The standard InChI is InChI=1S/C19H24FN3O4S2/c1-22(2)29(26,27)17-9-7-16(8-10-17)28(24,25)21-18-5-3-4-6-19(18)23-13-11-15(20)12-14-23/h3-10,15,21H,11-14H2,1-2H3. The molecule has 29 heavy (non-hydrogen) atoms. The molecule has 0 unspecified atom stereocenters. The van der Waals surface area contributed by atoms with Gasteiger partial charge in [-0.05, 0) is 49.2 Å². The number of anilines is 2. The van der Waals surface area contributed by atoms with Crippen LogP contribution in [0.4, 0.5) is 15.8 Å². The Morgan fingerprint density at radius 1 is 0.931 bits per heavy atom. The lowest BCUT2D eigenvalue weighted by Crippen LogP contribution is -2.35. The quantitative estimate of drug-likeness (QED) is 0.745. The van der Waals surface area contributed by atoms with E-state index in [0.29, 0.717) is 37.3 Å². The molecular formula is C19H24FN3O4S2. The highest BCUT2D eigenvalue weighted by Gasteiger charge is 2.23. The van der Waals surface area contributed by atoms with Crippen LogP contribution in [0.15, 0.2) is 58.3 Å². The van der Waals surface area contributed by atoms with Gasteiger partial charge in [0.05, 0.1) is 21.2 Å². The molecule has 0 aliphatic carbocycles. The molecule has 0 aromatic heterocycles. The average Bonchev–Trinajstić information content (AvgIpc) is 2.69. The van der Waals surface area contributed by atoms with Crippen molar-refractivity contribution in [1.82, 2.24) is 4.31 Å². The molecule has 2 aromatic rings. The van der Waals surface area contributed by atoms with Crippen LogP contribution in [0.3, 0.4) is 0 Å². The summed E-state index contributed by atoms with van der Waals surface area (Å²) in [5, 5.41) is 0. The Morgan fingerprint density at radius 3 is 2.07 bits per heavy atom. The molecule has 3 rings (SSSR count). The molecule has 1 N–H and O–H groups in total. The Morgan fingerprint density at radius 2 is 1.48 bits per heavy atom. The fourth-order valence-corrected chi connectivity index (χ4v) is 5.11. The zero-order chi connectivity index (χ0) is 21.2. The largest absolute Gasteiger partial charge is 0.370 e. The molecular weight excluding hydrogens is 417 g/mol. The summed E-state index contributed by atoms with van der Waals surface area (Å²) >= 11 is 0. The van der Waals surface area contributed by atoms with Crippen molar-refractivity contribution in [3.05, 3.63) is 48.5 Å². The monoisotopic (exact) mass is 441 g/mol. The number of alkyl halides is 1. The maximum absolute atomic E-state index is 13.4. The van der Waals surface area contributed by atoms with Gasteiger partial charge in [0.15, 0.2) is 0 Å². The molecule has 1 fully saturated rings. The normalized spacial score (nSPS) is 16.2. The van der Waals surface area contributed by atoms with Gasteiger partial charge in [0, 0.05) is 27.2 Å². The minimum absolute atomic E-state index is 0.0101. The third-order valence-electron chi connectivity index (χ3n) is 4.83. The summed E-state index contributed by atoms with van der Waals surface area (Å²) in [6.45, 7) is 1.02. The summed E-state index contributed by atoms with van der Waals surface area (Å²) in [6, 6.07) is 12.0. The molecule has 1 aliphatic heterocycles. The van der Waals surface area contributed by atoms with Gasteiger partial charge in [-0.15, -0.1) is 0 Å². The number of benzene rings is 2. The van der Waals surface area contributed by atoms with E-state index in [1.165, 1.54) is 38.4 Å². The van der Waals surface area contributed by atoms with Gasteiger partial charge in [0.2, 0.25) is 10.0 Å². The maximum atomic E-state index is 13.4. The van der Waals surface area contributed by atoms with Crippen LogP contribution in [0.25, 0.3) is 0 Å². The number of nitrogens with zero attached hydrogens (tertiary/aromatic N) is 2. The van der Waals surface area contributed by atoms with Gasteiger partial charge in [0.25, 0.3) is 10.0 Å². The van der Waals surface area contributed by atoms with Crippen molar-refractivity contribution in [2.24, 2.45) is 0 Å². The second kappa shape index (κ2) is 8.29. The highest BCUT2D eigenvalue weighted by molar-refractivity contribution is 7.92. The molecule has 1 saturated heterocycles. The van der Waals surface area contributed by atoms with Gasteiger partial charge in [-0.25, -0.2) is 25.5 Å². The minimum atomic E-state index is -3.93. The van der Waals surface area contributed by atoms with E-state index in [1.807, 2.05) is 4.90 Å². The number of para-hydroxylation sites is 2. The van der Waals surface area contributed by atoms with Crippen molar-refractivity contribution in [3.63, 3.8) is 0 Å². The number of halogens is 1. The highest BCUT2D eigenvalue weighted by Crippen LogP contribution is 2.30. The fourth-order valence-electron chi connectivity index (χ4n) is 3.13. The smallest absolute Gasteiger partial charge is 0.261 e. The van der Waals surface area contributed by atoms with Gasteiger partial charge in [-0.1, -0.05) is 12.1 Å². The van der Waals surface area contributed by atoms with Crippen LogP contribution in [0.1, 0.15) is 12.8 Å². The van der Waals surface area contributed by atoms with Crippen molar-refractivity contribution in [3.8, 4) is 0 Å². The van der Waals surface area contributed by atoms with Crippen LogP contribution < -0.4 is 9.62 Å². The number of hydrogen-bond donors (Lipinski definition) is 1. The molecule has 2 aromatic carbocycles. The summed E-state index contributed by atoms with van der Waals surface area (Å²) in [6.07, 6.45) is -0.0155. The summed E-state index contributed by atoms with van der Waals surface area (Å²) in [5.74, 6) is 0. The molecule has 158 valence electrons. The minimum Gasteiger partial charge on any atom is -0.370 e. The number of hydrogen-bond acceptors (Lipinski definition) is 5.